The van der Waals surface area contributed by atoms with E-state index in [1.165, 1.54) is 6.07 Å². The molecule has 9 heteroatoms. The Balaban J connectivity index is 1.54. The maximum Gasteiger partial charge on any atom is 0.410 e. The van der Waals surface area contributed by atoms with E-state index in [9.17, 15) is 18.0 Å². The summed E-state index contributed by atoms with van der Waals surface area (Å²) in [6.07, 6.45) is 3.83. The fourth-order valence-corrected chi connectivity index (χ4v) is 5.58. The van der Waals surface area contributed by atoms with Crippen molar-refractivity contribution in [2.45, 2.75) is 76.2 Å². The lowest BCUT2D eigenvalue weighted by Gasteiger charge is -2.34. The lowest BCUT2D eigenvalue weighted by Crippen LogP contribution is -2.46. The highest BCUT2D eigenvalue weighted by molar-refractivity contribution is 7.89. The molecular formula is C28H38N2O6S. The van der Waals surface area contributed by atoms with Crippen molar-refractivity contribution in [3.8, 4) is 5.75 Å². The van der Waals surface area contributed by atoms with Gasteiger partial charge in [0.1, 0.15) is 5.75 Å². The number of aryl methyl sites for hydroxylation is 1. The third kappa shape index (κ3) is 7.55. The molecule has 202 valence electrons. The minimum Gasteiger partial charge on any atom is -0.496 e. The maximum atomic E-state index is 12.9. The molecule has 2 aromatic carbocycles. The zero-order valence-corrected chi connectivity index (χ0v) is 23.0. The van der Waals surface area contributed by atoms with E-state index in [1.54, 1.807) is 18.1 Å². The third-order valence-corrected chi connectivity index (χ3v) is 7.64. The Bertz CT molecular complexity index is 1230. The van der Waals surface area contributed by atoms with Crippen LogP contribution in [0.25, 0.3) is 0 Å². The summed E-state index contributed by atoms with van der Waals surface area (Å²) in [5, 5.41) is 5.41. The number of carbonyl (C=O) groups excluding carboxylic acids is 2. The van der Waals surface area contributed by atoms with E-state index in [2.05, 4.69) is 0 Å². The number of carbonyl (C=O) groups is 2. The van der Waals surface area contributed by atoms with Gasteiger partial charge in [0.2, 0.25) is 10.0 Å². The fourth-order valence-electron chi connectivity index (χ4n) is 4.72. The van der Waals surface area contributed by atoms with E-state index in [0.717, 1.165) is 35.3 Å². The number of nitrogens with zero attached hydrogens (tertiary/aromatic N) is 1. The Morgan fingerprint density at radius 2 is 1.81 bits per heavy atom. The second-order valence-corrected chi connectivity index (χ2v) is 11.9. The van der Waals surface area contributed by atoms with Crippen LogP contribution in [-0.4, -0.2) is 51.0 Å². The van der Waals surface area contributed by atoms with E-state index in [4.69, 9.17) is 14.6 Å². The number of rotatable bonds is 11. The van der Waals surface area contributed by atoms with Crippen LogP contribution in [0.5, 0.6) is 5.75 Å². The standard InChI is InChI=1S/C28H38N2O6S/c1-28(2,3)30(27(32)36-17-15-20-10-5-6-14-25(20)35-4)16-8-7-13-24(31)22-18-21-11-9-12-23(21)26(19-22)37(29,33)34/h5-6,10,14,18-19H,7-9,11-13,15-17H2,1-4H3,(H2,29,33,34). The van der Waals surface area contributed by atoms with E-state index in [-0.39, 0.29) is 23.7 Å². The molecule has 0 unspecified atom stereocenters. The Hall–Kier alpha value is -2.91. The largest absolute Gasteiger partial charge is 0.496 e. The van der Waals surface area contributed by atoms with Crippen LogP contribution < -0.4 is 9.88 Å². The minimum atomic E-state index is -3.89. The summed E-state index contributed by atoms with van der Waals surface area (Å²) >= 11 is 0. The third-order valence-electron chi connectivity index (χ3n) is 6.66. The molecule has 3 rings (SSSR count). The molecule has 1 aliphatic rings. The number of unbranched alkanes of at least 4 members (excludes halogenated alkanes) is 1. The number of ketones is 1. The van der Waals surface area contributed by atoms with Crippen LogP contribution in [-0.2, 0) is 34.0 Å². The zero-order valence-electron chi connectivity index (χ0n) is 22.2. The Morgan fingerprint density at radius 3 is 2.49 bits per heavy atom. The highest BCUT2D eigenvalue weighted by atomic mass is 32.2. The lowest BCUT2D eigenvalue weighted by molar-refractivity contribution is 0.0673. The summed E-state index contributed by atoms with van der Waals surface area (Å²) < 4.78 is 35.0. The molecule has 0 fully saturated rings. The van der Waals surface area contributed by atoms with Crippen molar-refractivity contribution in [1.29, 1.82) is 0 Å². The molecule has 0 saturated heterocycles. The van der Waals surface area contributed by atoms with Crippen LogP contribution in [0.4, 0.5) is 4.79 Å². The van der Waals surface area contributed by atoms with Crippen LogP contribution in [0.1, 0.15) is 73.5 Å². The van der Waals surface area contributed by atoms with Crippen LogP contribution in [0, 0.1) is 0 Å². The van der Waals surface area contributed by atoms with Crippen molar-refractivity contribution >= 4 is 21.9 Å². The van der Waals surface area contributed by atoms with E-state index < -0.39 is 21.7 Å². The van der Waals surface area contributed by atoms with Gasteiger partial charge in [-0.15, -0.1) is 0 Å². The normalized spacial score (nSPS) is 13.2. The van der Waals surface area contributed by atoms with Crippen LogP contribution in [0.15, 0.2) is 41.3 Å². The topological polar surface area (TPSA) is 116 Å². The second-order valence-electron chi connectivity index (χ2n) is 10.4. The maximum absolute atomic E-state index is 12.9. The number of hydrogen-bond acceptors (Lipinski definition) is 6. The molecule has 0 aromatic heterocycles. The molecule has 0 aliphatic heterocycles. The fraction of sp³-hybridized carbons (Fsp3) is 0.500. The molecule has 2 N–H and O–H groups in total. The predicted molar refractivity (Wildman–Crippen MR) is 143 cm³/mol. The molecule has 37 heavy (non-hydrogen) atoms. The lowest BCUT2D eigenvalue weighted by atomic mass is 10.00. The number of sulfonamides is 1. The quantitative estimate of drug-likeness (QED) is 0.334. The second kappa shape index (κ2) is 12.1. The summed E-state index contributed by atoms with van der Waals surface area (Å²) in [5.74, 6) is 0.636. The van der Waals surface area contributed by atoms with Crippen LogP contribution >= 0.6 is 0 Å². The number of para-hydroxylation sites is 1. The SMILES string of the molecule is COc1ccccc1CCOC(=O)N(CCCCC(=O)c1cc2c(c(S(N)(=O)=O)c1)CCC2)C(C)(C)C. The molecule has 0 radical (unpaired) electrons. The van der Waals surface area contributed by atoms with Crippen molar-refractivity contribution in [3.63, 3.8) is 0 Å². The monoisotopic (exact) mass is 530 g/mol. The number of Topliss-reactive ketones (excluding diaryl/α,β-unsaturated/α-hetero) is 1. The van der Waals surface area contributed by atoms with Crippen molar-refractivity contribution in [2.24, 2.45) is 5.14 Å². The van der Waals surface area contributed by atoms with Gasteiger partial charge < -0.3 is 14.4 Å². The molecule has 1 aliphatic carbocycles. The smallest absolute Gasteiger partial charge is 0.410 e. The Labute approximate surface area is 220 Å². The van der Waals surface area contributed by atoms with Crippen molar-refractivity contribution < 1.29 is 27.5 Å². The number of hydrogen-bond donors (Lipinski definition) is 1. The average molecular weight is 531 g/mol. The molecule has 0 atom stereocenters. The summed E-state index contributed by atoms with van der Waals surface area (Å²) in [7, 11) is -2.28. The number of fused-ring (bicyclic) bond motifs is 1. The number of primary sulfonamides is 1. The van der Waals surface area contributed by atoms with Gasteiger partial charge in [-0.2, -0.15) is 0 Å². The van der Waals surface area contributed by atoms with Gasteiger partial charge in [0.25, 0.3) is 0 Å². The molecule has 8 nitrogen and oxygen atoms in total. The first-order chi connectivity index (χ1) is 17.4. The van der Waals surface area contributed by atoms with E-state index >= 15 is 0 Å². The van der Waals surface area contributed by atoms with Crippen molar-refractivity contribution in [3.05, 3.63) is 58.7 Å². The number of methoxy groups -OCH3 is 1. The molecular weight excluding hydrogens is 492 g/mol. The van der Waals surface area contributed by atoms with Gasteiger partial charge in [0.15, 0.2) is 5.78 Å². The molecule has 0 heterocycles. The van der Waals surface area contributed by atoms with Gasteiger partial charge in [0.05, 0.1) is 18.6 Å². The number of amides is 1. The van der Waals surface area contributed by atoms with E-state index in [1.807, 2.05) is 45.0 Å². The first-order valence-electron chi connectivity index (χ1n) is 12.7. The van der Waals surface area contributed by atoms with Crippen molar-refractivity contribution in [1.82, 2.24) is 4.90 Å². The van der Waals surface area contributed by atoms with Gasteiger partial charge in [-0.05, 0) is 87.8 Å². The van der Waals surface area contributed by atoms with Gasteiger partial charge in [-0.1, -0.05) is 18.2 Å². The van der Waals surface area contributed by atoms with Gasteiger partial charge >= 0.3 is 6.09 Å². The molecule has 1 amide bonds. The minimum absolute atomic E-state index is 0.0700. The Kier molecular flexibility index (Phi) is 9.36. The van der Waals surface area contributed by atoms with Gasteiger partial charge in [-0.25, -0.2) is 18.4 Å². The number of ether oxygens (including phenoxy) is 2. The van der Waals surface area contributed by atoms with E-state index in [0.29, 0.717) is 37.8 Å². The van der Waals surface area contributed by atoms with Crippen LogP contribution in [0.2, 0.25) is 0 Å². The van der Waals surface area contributed by atoms with Crippen molar-refractivity contribution in [2.75, 3.05) is 20.3 Å². The molecule has 0 spiro atoms. The van der Waals surface area contributed by atoms with Gasteiger partial charge in [-0.3, -0.25) is 4.79 Å². The highest BCUT2D eigenvalue weighted by Crippen LogP contribution is 2.30. The first kappa shape index (κ1) is 28.7. The molecule has 0 saturated carbocycles. The Morgan fingerprint density at radius 1 is 1.08 bits per heavy atom. The highest BCUT2D eigenvalue weighted by Gasteiger charge is 2.28. The summed E-state index contributed by atoms with van der Waals surface area (Å²) in [6.45, 7) is 6.50. The number of nitrogens with two attached hydrogens (primary N) is 1. The summed E-state index contributed by atoms with van der Waals surface area (Å²) in [6, 6.07) is 10.9. The summed E-state index contributed by atoms with van der Waals surface area (Å²) in [4.78, 5) is 27.5. The zero-order chi connectivity index (χ0) is 27.2. The molecule has 0 bridgehead atoms. The summed E-state index contributed by atoms with van der Waals surface area (Å²) in [5.41, 5.74) is 2.54. The average Bonchev–Trinajstić information content (AvgIpc) is 3.30. The van der Waals surface area contributed by atoms with Gasteiger partial charge in [0, 0.05) is 30.5 Å². The first-order valence-corrected chi connectivity index (χ1v) is 14.2. The van der Waals surface area contributed by atoms with Crippen LogP contribution in [0.3, 0.4) is 0 Å². The number of benzene rings is 2. The molecule has 2 aromatic rings. The predicted octanol–water partition coefficient (Wildman–Crippen LogP) is 4.66.